The summed E-state index contributed by atoms with van der Waals surface area (Å²) in [7, 11) is 0. The van der Waals surface area contributed by atoms with E-state index in [0.717, 1.165) is 25.9 Å². The highest BCUT2D eigenvalue weighted by Crippen LogP contribution is 2.26. The molecule has 0 saturated carbocycles. The van der Waals surface area contributed by atoms with Crippen LogP contribution in [0.5, 0.6) is 0 Å². The minimum absolute atomic E-state index is 0.115. The molecule has 1 aliphatic rings. The molecule has 23 heavy (non-hydrogen) atoms. The number of rotatable bonds is 6. The van der Waals surface area contributed by atoms with Crippen LogP contribution in [0.4, 0.5) is 4.39 Å². The molecule has 1 fully saturated rings. The molecule has 1 amide bonds. The fraction of sp³-hybridized carbons (Fsp3) is 0.438. The van der Waals surface area contributed by atoms with E-state index >= 15 is 0 Å². The number of aromatic nitrogens is 3. The van der Waals surface area contributed by atoms with Gasteiger partial charge in [0.15, 0.2) is 0 Å². The summed E-state index contributed by atoms with van der Waals surface area (Å²) in [6, 6.07) is 6.64. The van der Waals surface area contributed by atoms with Crippen LogP contribution in [0.3, 0.4) is 0 Å². The van der Waals surface area contributed by atoms with Gasteiger partial charge < -0.3 is 5.32 Å². The number of amides is 1. The lowest BCUT2D eigenvalue weighted by Gasteiger charge is -2.28. The van der Waals surface area contributed by atoms with E-state index in [-0.39, 0.29) is 24.3 Å². The third-order valence-corrected chi connectivity index (χ3v) is 4.12. The van der Waals surface area contributed by atoms with Gasteiger partial charge in [-0.3, -0.25) is 9.69 Å². The lowest BCUT2D eigenvalue weighted by Crippen LogP contribution is -2.38. The van der Waals surface area contributed by atoms with Crippen molar-refractivity contribution in [2.45, 2.75) is 25.4 Å². The first-order valence-electron chi connectivity index (χ1n) is 7.83. The number of benzene rings is 1. The van der Waals surface area contributed by atoms with E-state index in [9.17, 15) is 9.18 Å². The molecule has 1 N–H and O–H groups in total. The Labute approximate surface area is 134 Å². The van der Waals surface area contributed by atoms with Gasteiger partial charge >= 0.3 is 0 Å². The van der Waals surface area contributed by atoms with Gasteiger partial charge in [0.2, 0.25) is 5.91 Å². The first-order chi connectivity index (χ1) is 11.2. The molecule has 1 atom stereocenters. The number of nitrogens with one attached hydrogen (secondary N) is 1. The van der Waals surface area contributed by atoms with E-state index in [1.807, 2.05) is 6.07 Å². The number of likely N-dealkylation sites (tertiary alicyclic amines) is 1. The summed E-state index contributed by atoms with van der Waals surface area (Å²) >= 11 is 0. The molecule has 1 aromatic carbocycles. The van der Waals surface area contributed by atoms with Gasteiger partial charge in [-0.1, -0.05) is 23.4 Å². The largest absolute Gasteiger partial charge is 0.353 e. The molecule has 0 unspecified atom stereocenters. The van der Waals surface area contributed by atoms with Gasteiger partial charge in [-0.2, -0.15) is 0 Å². The topological polar surface area (TPSA) is 63.1 Å². The van der Waals surface area contributed by atoms with Crippen molar-refractivity contribution in [3.8, 4) is 0 Å². The van der Waals surface area contributed by atoms with E-state index in [1.165, 1.54) is 16.9 Å². The number of carbonyl (C=O) groups is 1. The van der Waals surface area contributed by atoms with Crippen LogP contribution in [0.25, 0.3) is 0 Å². The Morgan fingerprint density at radius 1 is 1.30 bits per heavy atom. The van der Waals surface area contributed by atoms with Crippen LogP contribution >= 0.6 is 0 Å². The van der Waals surface area contributed by atoms with Gasteiger partial charge in [-0.25, -0.2) is 9.07 Å². The summed E-state index contributed by atoms with van der Waals surface area (Å²) in [5.74, 6) is -0.383. The molecule has 0 aliphatic carbocycles. The normalized spacial score (nSPS) is 16.4. The van der Waals surface area contributed by atoms with Crippen LogP contribution in [-0.2, 0) is 11.3 Å². The van der Waals surface area contributed by atoms with Crippen molar-refractivity contribution < 1.29 is 9.18 Å². The second kappa shape index (κ2) is 7.32. The van der Waals surface area contributed by atoms with E-state index in [2.05, 4.69) is 20.5 Å². The highest BCUT2D eigenvalue weighted by Gasteiger charge is 2.25. The van der Waals surface area contributed by atoms with Crippen molar-refractivity contribution in [3.05, 3.63) is 48.0 Å². The maximum Gasteiger partial charge on any atom is 0.241 e. The summed E-state index contributed by atoms with van der Waals surface area (Å²) in [6.45, 7) is 2.36. The van der Waals surface area contributed by atoms with Crippen molar-refractivity contribution in [1.29, 1.82) is 0 Å². The number of hydrogen-bond donors (Lipinski definition) is 1. The smallest absolute Gasteiger partial charge is 0.241 e. The van der Waals surface area contributed by atoms with E-state index < -0.39 is 0 Å². The fourth-order valence-electron chi connectivity index (χ4n) is 2.96. The van der Waals surface area contributed by atoms with Crippen molar-refractivity contribution in [2.24, 2.45) is 0 Å². The molecule has 2 heterocycles. The average Bonchev–Trinajstić information content (AvgIpc) is 3.23. The molecule has 1 saturated heterocycles. The van der Waals surface area contributed by atoms with Gasteiger partial charge in [0.25, 0.3) is 0 Å². The second-order valence-electron chi connectivity index (χ2n) is 5.69. The first-order valence-corrected chi connectivity index (χ1v) is 7.83. The zero-order chi connectivity index (χ0) is 16.1. The molecule has 6 nitrogen and oxygen atoms in total. The van der Waals surface area contributed by atoms with Gasteiger partial charge in [0, 0.05) is 18.3 Å². The van der Waals surface area contributed by atoms with Crippen LogP contribution in [0.1, 0.15) is 24.4 Å². The number of halogens is 1. The Bertz CT molecular complexity index is 640. The predicted molar refractivity (Wildman–Crippen MR) is 83.0 cm³/mol. The molecule has 1 aliphatic heterocycles. The molecule has 3 rings (SSSR count). The van der Waals surface area contributed by atoms with Crippen LogP contribution in [-0.4, -0.2) is 45.4 Å². The zero-order valence-corrected chi connectivity index (χ0v) is 12.9. The van der Waals surface area contributed by atoms with Gasteiger partial charge in [-0.15, -0.1) is 5.10 Å². The van der Waals surface area contributed by atoms with E-state index in [1.54, 1.807) is 18.3 Å². The molecule has 7 heteroatoms. The zero-order valence-electron chi connectivity index (χ0n) is 12.9. The van der Waals surface area contributed by atoms with Gasteiger partial charge in [-0.05, 0) is 32.0 Å². The third kappa shape index (κ3) is 3.92. The lowest BCUT2D eigenvalue weighted by atomic mass is 10.0. The molecule has 0 bridgehead atoms. The summed E-state index contributed by atoms with van der Waals surface area (Å²) < 4.78 is 15.6. The summed E-state index contributed by atoms with van der Waals surface area (Å²) in [5.41, 5.74) is 0.635. The van der Waals surface area contributed by atoms with E-state index in [0.29, 0.717) is 12.1 Å². The molecule has 122 valence electrons. The Kier molecular flexibility index (Phi) is 4.97. The van der Waals surface area contributed by atoms with Crippen molar-refractivity contribution in [3.63, 3.8) is 0 Å². The van der Waals surface area contributed by atoms with Crippen LogP contribution < -0.4 is 5.32 Å². The molecular weight excluding hydrogens is 297 g/mol. The lowest BCUT2D eigenvalue weighted by molar-refractivity contribution is -0.122. The first kappa shape index (κ1) is 15.6. The van der Waals surface area contributed by atoms with Crippen molar-refractivity contribution >= 4 is 5.91 Å². The Hall–Kier alpha value is -2.28. The predicted octanol–water partition coefficient (Wildman–Crippen LogP) is 1.37. The molecule has 2 aromatic rings. The Morgan fingerprint density at radius 3 is 2.78 bits per heavy atom. The van der Waals surface area contributed by atoms with E-state index in [4.69, 9.17) is 0 Å². The molecule has 0 radical (unpaired) electrons. The monoisotopic (exact) mass is 317 g/mol. The molecular formula is C16H20FN5O. The quantitative estimate of drug-likeness (QED) is 0.874. The van der Waals surface area contributed by atoms with Crippen LogP contribution in [0, 0.1) is 5.82 Å². The minimum Gasteiger partial charge on any atom is -0.353 e. The summed E-state index contributed by atoms with van der Waals surface area (Å²) in [6.07, 6.45) is 5.38. The number of nitrogens with zero attached hydrogens (tertiary/aromatic N) is 4. The number of carbonyl (C=O) groups excluding carboxylic acids is 1. The Balaban J connectivity index is 1.66. The summed E-state index contributed by atoms with van der Waals surface area (Å²) in [5, 5.41) is 10.3. The standard InChI is InChI=1S/C16H20FN5O/c17-14-6-2-1-5-13(14)15(21-8-3-4-9-21)11-18-16(23)12-22-10-7-19-20-22/h1-2,5-7,10,15H,3-4,8-9,11-12H2,(H,18,23)/t15-/m1/s1. The fourth-order valence-corrected chi connectivity index (χ4v) is 2.96. The molecule has 0 spiro atoms. The second-order valence-corrected chi connectivity index (χ2v) is 5.69. The Morgan fingerprint density at radius 2 is 2.09 bits per heavy atom. The van der Waals surface area contributed by atoms with Crippen LogP contribution in [0.15, 0.2) is 36.7 Å². The highest BCUT2D eigenvalue weighted by molar-refractivity contribution is 5.75. The van der Waals surface area contributed by atoms with Crippen LogP contribution in [0.2, 0.25) is 0 Å². The van der Waals surface area contributed by atoms with Gasteiger partial charge in [0.05, 0.1) is 12.2 Å². The average molecular weight is 317 g/mol. The maximum absolute atomic E-state index is 14.2. The SMILES string of the molecule is O=C(Cn1ccnn1)NC[C@H](c1ccccc1F)N1CCCC1. The molecule has 1 aromatic heterocycles. The van der Waals surface area contributed by atoms with Gasteiger partial charge in [0.1, 0.15) is 12.4 Å². The summed E-state index contributed by atoms with van der Waals surface area (Å²) in [4.78, 5) is 14.3. The maximum atomic E-state index is 14.2. The number of hydrogen-bond acceptors (Lipinski definition) is 4. The third-order valence-electron chi connectivity index (χ3n) is 4.12. The van der Waals surface area contributed by atoms with Crippen molar-refractivity contribution in [2.75, 3.05) is 19.6 Å². The minimum atomic E-state index is -0.227. The van der Waals surface area contributed by atoms with Crippen molar-refractivity contribution in [1.82, 2.24) is 25.2 Å². The highest BCUT2D eigenvalue weighted by atomic mass is 19.1.